The lowest BCUT2D eigenvalue weighted by atomic mass is 9.44. The second-order valence-corrected chi connectivity index (χ2v) is 22.4. The fourth-order valence-electron chi connectivity index (χ4n) is 12.0. The van der Waals surface area contributed by atoms with Crippen LogP contribution in [0.25, 0.3) is 11.1 Å². The molecule has 1 saturated heterocycles. The van der Waals surface area contributed by atoms with E-state index in [1.54, 1.807) is 45.4 Å². The molecule has 5 N–H and O–H groups in total. The Morgan fingerprint density at radius 1 is 0.900 bits per heavy atom. The molecule has 0 aromatic heterocycles. The van der Waals surface area contributed by atoms with Gasteiger partial charge in [0.2, 0.25) is 5.91 Å². The first kappa shape index (κ1) is 55.2. The fourth-order valence-corrected chi connectivity index (χ4v) is 13.3. The maximum absolute atomic E-state index is 14.3. The minimum Gasteiger partial charge on any atom is -0.506 e. The maximum Gasteiger partial charge on any atom is 0.251 e. The number of fused-ring (bicyclic) bond motifs is 2. The number of aromatic hydroxyl groups is 1. The molecule has 0 radical (unpaired) electrons. The number of carbonyl (C=O) groups excluding carboxylic acids is 4. The number of likely N-dealkylation sites (tertiary alicyclic amines) is 1. The Labute approximate surface area is 441 Å². The first-order valence-corrected chi connectivity index (χ1v) is 26.8. The molecular weight excluding hydrogens is 1110 g/mol. The van der Waals surface area contributed by atoms with Crippen molar-refractivity contribution in [1.29, 1.82) is 0 Å². The third kappa shape index (κ3) is 12.4. The third-order valence-electron chi connectivity index (χ3n) is 15.9. The van der Waals surface area contributed by atoms with Crippen LogP contribution in [0.1, 0.15) is 103 Å². The molecule has 1 aliphatic heterocycles. The number of aliphatic hydroxyl groups excluding tert-OH is 2. The average Bonchev–Trinajstić information content (AvgIpc) is 3.99. The summed E-state index contributed by atoms with van der Waals surface area (Å²) in [6.07, 6.45) is 6.49. The topological polar surface area (TPSA) is 175 Å². The van der Waals surface area contributed by atoms with E-state index in [-0.39, 0.29) is 48.0 Å². The van der Waals surface area contributed by atoms with Crippen LogP contribution in [0.15, 0.2) is 78.9 Å². The number of amides is 2. The van der Waals surface area contributed by atoms with Crippen molar-refractivity contribution in [2.24, 2.45) is 46.8 Å². The van der Waals surface area contributed by atoms with E-state index in [0.717, 1.165) is 58.2 Å². The summed E-state index contributed by atoms with van der Waals surface area (Å²) in [7, 11) is 3.23. The monoisotopic (exact) mass is 1180 g/mol. The standard InChI is InChI=1S/C41H59N3O5.C8H7IO2.C7H5IO2/c1-7-44-16-10-14-32(44)22-42-39(47)28-13-8-11-26(17-28)33-15-9-12-27(38(33)49-6)18-29-19-30(23-45)36(25(3)46)37(29)40(48)43-35-21-31-20-34(24(35)2)41(31,4)5;1-11-8-6(5-10)3-2-4-7(8)9;8-6-3-1-2-5(4-9)7(6)10/h8-9,11-13,15,17,24-25,29-32,34-37,45-46H,7,10,14,16,18-23H2,1-6H3,(H,42,47)(H,43,48);2-5H,1H3;1-4,10H/t24-,25-,29?,30-,31+,32-,34-,35-,36+,37-;;/m0../s1. The van der Waals surface area contributed by atoms with Gasteiger partial charge < -0.3 is 35.4 Å². The summed E-state index contributed by atoms with van der Waals surface area (Å²) < 4.78 is 12.7. The molecule has 5 aliphatic rings. The second-order valence-electron chi connectivity index (χ2n) is 20.0. The van der Waals surface area contributed by atoms with E-state index in [0.29, 0.717) is 80.9 Å². The smallest absolute Gasteiger partial charge is 0.251 e. The molecule has 4 aromatic carbocycles. The summed E-state index contributed by atoms with van der Waals surface area (Å²) in [5.41, 5.74) is 4.65. The van der Waals surface area contributed by atoms with Crippen LogP contribution in [-0.4, -0.2) is 103 Å². The number of para-hydroxylation sites is 3. The van der Waals surface area contributed by atoms with Crippen LogP contribution in [0.2, 0.25) is 0 Å². The maximum atomic E-state index is 14.3. The second kappa shape index (κ2) is 25.0. The Hall–Kier alpha value is -4.10. The molecular formula is C56H71I2N3O9. The normalized spacial score (nSPS) is 25.7. The number of methoxy groups -OCH3 is 2. The Morgan fingerprint density at radius 3 is 2.17 bits per heavy atom. The zero-order valence-corrected chi connectivity index (χ0v) is 45.8. The average molecular weight is 1180 g/mol. The lowest BCUT2D eigenvalue weighted by molar-refractivity contribution is -0.140. The molecule has 12 nitrogen and oxygen atoms in total. The van der Waals surface area contributed by atoms with E-state index in [1.165, 1.54) is 12.8 Å². The summed E-state index contributed by atoms with van der Waals surface area (Å²) in [5.74, 6) is 2.08. The summed E-state index contributed by atoms with van der Waals surface area (Å²) in [4.78, 5) is 50.6. The lowest BCUT2D eigenvalue weighted by Gasteiger charge is -2.62. The molecule has 10 atom stereocenters. The van der Waals surface area contributed by atoms with Crippen LogP contribution in [0.3, 0.4) is 0 Å². The quantitative estimate of drug-likeness (QED) is 0.0570. The number of aliphatic hydroxyl groups is 2. The molecule has 4 aromatic rings. The van der Waals surface area contributed by atoms with Crippen molar-refractivity contribution in [2.75, 3.05) is 40.5 Å². The summed E-state index contributed by atoms with van der Waals surface area (Å²) >= 11 is 4.09. The number of nitrogens with zero attached hydrogens (tertiary/aromatic N) is 1. The van der Waals surface area contributed by atoms with Gasteiger partial charge in [-0.15, -0.1) is 0 Å². The Bertz CT molecular complexity index is 2450. The van der Waals surface area contributed by atoms with Crippen molar-refractivity contribution >= 4 is 69.6 Å². The van der Waals surface area contributed by atoms with E-state index < -0.39 is 12.0 Å². The number of halogens is 2. The highest BCUT2D eigenvalue weighted by atomic mass is 127. The minimum atomic E-state index is -0.713. The number of phenols is 1. The van der Waals surface area contributed by atoms with Crippen LogP contribution in [-0.2, 0) is 11.2 Å². The minimum absolute atomic E-state index is 0.0105. The highest BCUT2D eigenvalue weighted by molar-refractivity contribution is 14.1. The zero-order chi connectivity index (χ0) is 50.9. The Balaban J connectivity index is 0.000000313. The van der Waals surface area contributed by atoms with Gasteiger partial charge in [-0.25, -0.2) is 0 Å². The molecule has 14 heteroatoms. The van der Waals surface area contributed by atoms with Gasteiger partial charge in [0.25, 0.3) is 5.91 Å². The van der Waals surface area contributed by atoms with Gasteiger partial charge in [0, 0.05) is 48.2 Å². The van der Waals surface area contributed by atoms with Crippen LogP contribution in [0.4, 0.5) is 0 Å². The van der Waals surface area contributed by atoms with Crippen molar-refractivity contribution in [3.63, 3.8) is 0 Å². The van der Waals surface area contributed by atoms with Gasteiger partial charge in [-0.2, -0.15) is 0 Å². The molecule has 2 bridgehead atoms. The zero-order valence-electron chi connectivity index (χ0n) is 41.5. The first-order valence-electron chi connectivity index (χ1n) is 24.6. The van der Waals surface area contributed by atoms with Crippen molar-refractivity contribution in [1.82, 2.24) is 15.5 Å². The Kier molecular flexibility index (Phi) is 19.7. The van der Waals surface area contributed by atoms with Gasteiger partial charge in [-0.05, 0) is 186 Å². The van der Waals surface area contributed by atoms with Crippen LogP contribution in [0, 0.1) is 54.0 Å². The van der Waals surface area contributed by atoms with Crippen LogP contribution < -0.4 is 20.1 Å². The SMILES string of the molecule is CCN1CCC[C@H]1CNC(=O)c1cccc(-c2cccc(CC3C[C@@H](CO)[C@@H]([C@H](C)O)[C@H]3C(=O)N[C@H]3C[C@H]4C[C@@H]([C@@H]3C)C4(C)C)c2OC)c1.COc1c(I)cccc1C=O.O=Cc1cccc(I)c1O. The number of aldehydes is 2. The number of nitrogens with one attached hydrogen (secondary N) is 2. The van der Waals surface area contributed by atoms with Crippen molar-refractivity contribution < 1.29 is 44.0 Å². The largest absolute Gasteiger partial charge is 0.506 e. The van der Waals surface area contributed by atoms with E-state index in [2.05, 4.69) is 71.9 Å². The van der Waals surface area contributed by atoms with Crippen LogP contribution in [0.5, 0.6) is 17.2 Å². The molecule has 4 aliphatic carbocycles. The highest BCUT2D eigenvalue weighted by Gasteiger charge is 2.57. The number of rotatable bonds is 15. The van der Waals surface area contributed by atoms with Gasteiger partial charge in [-0.3, -0.25) is 24.1 Å². The van der Waals surface area contributed by atoms with Gasteiger partial charge in [-0.1, -0.05) is 70.2 Å². The first-order chi connectivity index (χ1) is 33.5. The number of hydrogen-bond acceptors (Lipinski definition) is 10. The number of phenolic OH excluding ortho intramolecular Hbond substituents is 1. The molecule has 2 amide bonds. The molecule has 0 spiro atoms. The van der Waals surface area contributed by atoms with Crippen molar-refractivity contribution in [3.05, 3.63) is 108 Å². The summed E-state index contributed by atoms with van der Waals surface area (Å²) in [6, 6.07) is 24.8. The van der Waals surface area contributed by atoms with Crippen LogP contribution >= 0.6 is 45.2 Å². The molecule has 378 valence electrons. The molecule has 70 heavy (non-hydrogen) atoms. The Morgan fingerprint density at radius 2 is 1.57 bits per heavy atom. The van der Waals surface area contributed by atoms with E-state index in [1.807, 2.05) is 71.1 Å². The third-order valence-corrected chi connectivity index (χ3v) is 17.7. The predicted molar refractivity (Wildman–Crippen MR) is 290 cm³/mol. The molecule has 9 rings (SSSR count). The van der Waals surface area contributed by atoms with E-state index >= 15 is 0 Å². The van der Waals surface area contributed by atoms with Gasteiger partial charge in [0.05, 0.1) is 38.6 Å². The van der Waals surface area contributed by atoms with Crippen molar-refractivity contribution in [3.8, 4) is 28.4 Å². The lowest BCUT2D eigenvalue weighted by Crippen LogP contribution is -2.61. The van der Waals surface area contributed by atoms with E-state index in [4.69, 9.17) is 14.6 Å². The van der Waals surface area contributed by atoms with Gasteiger partial charge in [0.15, 0.2) is 12.6 Å². The number of benzene rings is 4. The molecule has 1 heterocycles. The van der Waals surface area contributed by atoms with Gasteiger partial charge in [0.1, 0.15) is 17.2 Å². The number of ether oxygens (including phenoxy) is 2. The van der Waals surface area contributed by atoms with Gasteiger partial charge >= 0.3 is 0 Å². The summed E-state index contributed by atoms with van der Waals surface area (Å²) in [6.45, 7) is 13.6. The fraction of sp³-hybridized carbons (Fsp3) is 0.500. The number of likely N-dealkylation sites (N-methyl/N-ethyl adjacent to an activating group) is 1. The highest BCUT2D eigenvalue weighted by Crippen LogP contribution is 2.61. The number of carbonyl (C=O) groups is 4. The van der Waals surface area contributed by atoms with Crippen molar-refractivity contribution in [2.45, 2.75) is 91.3 Å². The van der Waals surface area contributed by atoms with E-state index in [9.17, 15) is 29.4 Å². The molecule has 5 fully saturated rings. The molecule has 1 unspecified atom stereocenters. The summed E-state index contributed by atoms with van der Waals surface area (Å²) in [5, 5.41) is 37.2. The predicted octanol–water partition coefficient (Wildman–Crippen LogP) is 9.47. The number of hydrogen-bond donors (Lipinski definition) is 5. The molecule has 4 saturated carbocycles.